The molecule has 1 fully saturated rings. The van der Waals surface area contributed by atoms with Crippen LogP contribution in [0.25, 0.3) is 0 Å². The number of rotatable bonds is 3. The molecule has 2 heterocycles. The molecule has 0 aromatic carbocycles. The Kier molecular flexibility index (Phi) is 4.46. The predicted octanol–water partition coefficient (Wildman–Crippen LogP) is 0.406. The van der Waals surface area contributed by atoms with Crippen LogP contribution in [-0.2, 0) is 21.2 Å². The lowest BCUT2D eigenvalue weighted by atomic mass is 10.2. The van der Waals surface area contributed by atoms with E-state index in [1.807, 2.05) is 13.8 Å². The van der Waals surface area contributed by atoms with Crippen LogP contribution in [0, 0.1) is 13.8 Å². The summed E-state index contributed by atoms with van der Waals surface area (Å²) < 4.78 is 24.2. The summed E-state index contributed by atoms with van der Waals surface area (Å²) in [6.07, 6.45) is 1.56. The number of aryl methyl sites for hydroxylation is 2. The molecular weight excluding hydrogens is 298 g/mol. The molecule has 1 aromatic rings. The van der Waals surface area contributed by atoms with Crippen LogP contribution in [0.5, 0.6) is 0 Å². The minimum absolute atomic E-state index is 0.0462. The monoisotopic (exact) mass is 317 g/mol. The second-order valence-electron chi connectivity index (χ2n) is 4.96. The molecule has 112 valence electrons. The Morgan fingerprint density at radius 3 is 2.30 bits per heavy atom. The number of sulfonamides is 1. The summed E-state index contributed by atoms with van der Waals surface area (Å²) in [5, 5.41) is 0.965. The van der Waals surface area contributed by atoms with E-state index in [2.05, 4.69) is 4.98 Å². The Balaban J connectivity index is 1.94. The van der Waals surface area contributed by atoms with Gasteiger partial charge in [-0.1, -0.05) is 0 Å². The lowest BCUT2D eigenvalue weighted by Gasteiger charge is -2.33. The molecular formula is C12H19N3O3S2. The van der Waals surface area contributed by atoms with Crippen molar-refractivity contribution in [3.63, 3.8) is 0 Å². The summed E-state index contributed by atoms with van der Waals surface area (Å²) in [6, 6.07) is 0. The smallest absolute Gasteiger partial charge is 0.227 e. The van der Waals surface area contributed by atoms with E-state index in [1.54, 1.807) is 16.2 Å². The maximum atomic E-state index is 12.2. The fourth-order valence-electron chi connectivity index (χ4n) is 2.26. The van der Waals surface area contributed by atoms with Crippen molar-refractivity contribution in [1.29, 1.82) is 0 Å². The first kappa shape index (κ1) is 15.4. The van der Waals surface area contributed by atoms with Crippen LogP contribution in [0.1, 0.15) is 15.6 Å². The van der Waals surface area contributed by atoms with Gasteiger partial charge in [-0.05, 0) is 13.8 Å². The highest BCUT2D eigenvalue weighted by Crippen LogP contribution is 2.19. The molecule has 0 unspecified atom stereocenters. The van der Waals surface area contributed by atoms with E-state index in [0.29, 0.717) is 32.6 Å². The Morgan fingerprint density at radius 1 is 1.25 bits per heavy atom. The van der Waals surface area contributed by atoms with Crippen LogP contribution >= 0.6 is 11.3 Å². The highest BCUT2D eigenvalue weighted by molar-refractivity contribution is 7.88. The Bertz CT molecular complexity index is 601. The van der Waals surface area contributed by atoms with E-state index in [0.717, 1.165) is 15.6 Å². The van der Waals surface area contributed by atoms with E-state index in [4.69, 9.17) is 0 Å². The van der Waals surface area contributed by atoms with Crippen molar-refractivity contribution in [1.82, 2.24) is 14.2 Å². The molecule has 6 nitrogen and oxygen atoms in total. The SMILES string of the molecule is Cc1nc(C)c(CC(=O)N2CCN(S(C)(=O)=O)CC2)s1. The Hall–Kier alpha value is -0.990. The molecule has 0 radical (unpaired) electrons. The largest absolute Gasteiger partial charge is 0.340 e. The first-order valence-corrected chi connectivity index (χ1v) is 9.09. The molecule has 2 rings (SSSR count). The molecule has 20 heavy (non-hydrogen) atoms. The van der Waals surface area contributed by atoms with Gasteiger partial charge in [0.05, 0.1) is 23.4 Å². The van der Waals surface area contributed by atoms with Crippen molar-refractivity contribution in [2.24, 2.45) is 0 Å². The first-order chi connectivity index (χ1) is 9.27. The van der Waals surface area contributed by atoms with Crippen molar-refractivity contribution in [3.05, 3.63) is 15.6 Å². The van der Waals surface area contributed by atoms with E-state index >= 15 is 0 Å². The van der Waals surface area contributed by atoms with Crippen molar-refractivity contribution < 1.29 is 13.2 Å². The minimum Gasteiger partial charge on any atom is -0.340 e. The number of carbonyl (C=O) groups excluding carboxylic acids is 1. The summed E-state index contributed by atoms with van der Waals surface area (Å²) in [5.41, 5.74) is 0.913. The summed E-state index contributed by atoms with van der Waals surface area (Å²) in [7, 11) is -3.15. The number of nitrogens with zero attached hydrogens (tertiary/aromatic N) is 3. The van der Waals surface area contributed by atoms with E-state index in [9.17, 15) is 13.2 Å². The Morgan fingerprint density at radius 2 is 1.85 bits per heavy atom. The van der Waals surface area contributed by atoms with E-state index in [1.165, 1.54) is 10.6 Å². The number of hydrogen-bond donors (Lipinski definition) is 0. The zero-order valence-corrected chi connectivity index (χ0v) is 13.6. The maximum absolute atomic E-state index is 12.2. The fraction of sp³-hybridized carbons (Fsp3) is 0.667. The first-order valence-electron chi connectivity index (χ1n) is 6.43. The third-order valence-electron chi connectivity index (χ3n) is 3.37. The van der Waals surface area contributed by atoms with Gasteiger partial charge in [0.15, 0.2) is 0 Å². The number of amides is 1. The van der Waals surface area contributed by atoms with Crippen LogP contribution in [-0.4, -0.2) is 60.9 Å². The third kappa shape index (κ3) is 3.56. The average Bonchev–Trinajstić information content (AvgIpc) is 2.67. The van der Waals surface area contributed by atoms with Gasteiger partial charge in [0.2, 0.25) is 15.9 Å². The standard InChI is InChI=1S/C12H19N3O3S2/c1-9-11(19-10(2)13-9)8-12(16)14-4-6-15(7-5-14)20(3,17)18/h4-8H2,1-3H3. The molecule has 1 amide bonds. The van der Waals surface area contributed by atoms with Gasteiger partial charge in [0.1, 0.15) is 0 Å². The second-order valence-corrected chi connectivity index (χ2v) is 8.23. The number of carbonyl (C=O) groups is 1. The zero-order valence-electron chi connectivity index (χ0n) is 11.9. The van der Waals surface area contributed by atoms with Gasteiger partial charge in [0.25, 0.3) is 0 Å². The van der Waals surface area contributed by atoms with Crippen LogP contribution in [0.15, 0.2) is 0 Å². The third-order valence-corrected chi connectivity index (χ3v) is 5.75. The lowest BCUT2D eigenvalue weighted by Crippen LogP contribution is -2.50. The van der Waals surface area contributed by atoms with Crippen LogP contribution in [0.4, 0.5) is 0 Å². The molecule has 1 aliphatic rings. The summed E-state index contributed by atoms with van der Waals surface area (Å²) >= 11 is 1.55. The van der Waals surface area contributed by atoms with Crippen LogP contribution in [0.2, 0.25) is 0 Å². The molecule has 1 aromatic heterocycles. The normalized spacial score (nSPS) is 17.4. The Labute approximate surface area is 123 Å². The summed E-state index contributed by atoms with van der Waals surface area (Å²) in [5.74, 6) is 0.0462. The van der Waals surface area contributed by atoms with Gasteiger partial charge in [-0.25, -0.2) is 13.4 Å². The topological polar surface area (TPSA) is 70.6 Å². The molecule has 0 N–H and O–H groups in total. The van der Waals surface area contributed by atoms with Gasteiger partial charge in [-0.15, -0.1) is 11.3 Å². The van der Waals surface area contributed by atoms with Crippen molar-refractivity contribution in [2.75, 3.05) is 32.4 Å². The van der Waals surface area contributed by atoms with Gasteiger partial charge in [-0.3, -0.25) is 4.79 Å². The summed E-state index contributed by atoms with van der Waals surface area (Å²) in [6.45, 7) is 5.52. The van der Waals surface area contributed by atoms with Gasteiger partial charge < -0.3 is 4.90 Å². The molecule has 0 bridgehead atoms. The fourth-order valence-corrected chi connectivity index (χ4v) is 4.01. The highest BCUT2D eigenvalue weighted by atomic mass is 32.2. The molecule has 0 spiro atoms. The van der Waals surface area contributed by atoms with Crippen molar-refractivity contribution in [3.8, 4) is 0 Å². The zero-order chi connectivity index (χ0) is 14.9. The minimum atomic E-state index is -3.15. The quantitative estimate of drug-likeness (QED) is 0.809. The molecule has 1 saturated heterocycles. The predicted molar refractivity (Wildman–Crippen MR) is 78.3 cm³/mol. The lowest BCUT2D eigenvalue weighted by molar-refractivity contribution is -0.131. The van der Waals surface area contributed by atoms with Gasteiger partial charge >= 0.3 is 0 Å². The molecule has 0 atom stereocenters. The molecule has 1 aliphatic heterocycles. The van der Waals surface area contributed by atoms with E-state index in [-0.39, 0.29) is 5.91 Å². The van der Waals surface area contributed by atoms with Crippen LogP contribution in [0.3, 0.4) is 0 Å². The molecule has 8 heteroatoms. The average molecular weight is 317 g/mol. The van der Waals surface area contributed by atoms with Crippen LogP contribution < -0.4 is 0 Å². The second kappa shape index (κ2) is 5.79. The van der Waals surface area contributed by atoms with Crippen molar-refractivity contribution >= 4 is 27.3 Å². The number of hydrogen-bond acceptors (Lipinski definition) is 5. The summed E-state index contributed by atoms with van der Waals surface area (Å²) in [4.78, 5) is 19.3. The van der Waals surface area contributed by atoms with Gasteiger partial charge in [0, 0.05) is 31.1 Å². The van der Waals surface area contributed by atoms with Crippen molar-refractivity contribution in [2.45, 2.75) is 20.3 Å². The highest BCUT2D eigenvalue weighted by Gasteiger charge is 2.26. The molecule has 0 saturated carbocycles. The van der Waals surface area contributed by atoms with Gasteiger partial charge in [-0.2, -0.15) is 4.31 Å². The van der Waals surface area contributed by atoms with E-state index < -0.39 is 10.0 Å². The number of thiazole rings is 1. The maximum Gasteiger partial charge on any atom is 0.227 e. The number of aromatic nitrogens is 1. The molecule has 0 aliphatic carbocycles. The number of piperazine rings is 1.